The fourth-order valence-electron chi connectivity index (χ4n) is 1.95. The van der Waals surface area contributed by atoms with E-state index in [1.165, 1.54) is 12.1 Å². The molecule has 0 aromatic heterocycles. The van der Waals surface area contributed by atoms with Gasteiger partial charge in [0, 0.05) is 5.02 Å². The molecule has 1 N–H and O–H groups in total. The Labute approximate surface area is 120 Å². The van der Waals surface area contributed by atoms with Crippen molar-refractivity contribution in [3.05, 3.63) is 69.0 Å². The highest BCUT2D eigenvalue weighted by molar-refractivity contribution is 6.31. The molecule has 6 heteroatoms. The zero-order valence-corrected chi connectivity index (χ0v) is 11.4. The van der Waals surface area contributed by atoms with Gasteiger partial charge in [0.05, 0.1) is 11.0 Å². The normalized spacial score (nSPS) is 11.9. The first-order chi connectivity index (χ1) is 9.50. The van der Waals surface area contributed by atoms with Crippen LogP contribution in [0.5, 0.6) is 0 Å². The predicted molar refractivity (Wildman–Crippen MR) is 76.5 cm³/mol. The molecular weight excluding hydrogens is 283 g/mol. The topological polar surface area (TPSA) is 55.2 Å². The molecule has 2 rings (SSSR count). The second-order valence-electron chi connectivity index (χ2n) is 4.28. The molecule has 0 radical (unpaired) electrons. The third kappa shape index (κ3) is 2.88. The molecule has 1 unspecified atom stereocenters. The van der Waals surface area contributed by atoms with Gasteiger partial charge in [-0.25, -0.2) is 0 Å². The lowest BCUT2D eigenvalue weighted by atomic mass is 10.1. The second kappa shape index (κ2) is 5.88. The van der Waals surface area contributed by atoms with Gasteiger partial charge in [-0.3, -0.25) is 10.1 Å². The maximum absolute atomic E-state index is 13.5. The van der Waals surface area contributed by atoms with Gasteiger partial charge in [0.25, 0.3) is 0 Å². The van der Waals surface area contributed by atoms with Crippen LogP contribution in [0.3, 0.4) is 0 Å². The van der Waals surface area contributed by atoms with Crippen molar-refractivity contribution in [1.82, 2.24) is 0 Å². The quantitative estimate of drug-likeness (QED) is 0.664. The number of nitro benzene ring substituents is 1. The van der Waals surface area contributed by atoms with Crippen molar-refractivity contribution in [1.29, 1.82) is 0 Å². The molecule has 0 saturated heterocycles. The SMILES string of the molecule is CC(Nc1cccc(F)c1[N+](=O)[O-])c1ccccc1Cl. The van der Waals surface area contributed by atoms with Gasteiger partial charge < -0.3 is 5.32 Å². The number of anilines is 1. The maximum Gasteiger partial charge on any atom is 0.327 e. The number of rotatable bonds is 4. The van der Waals surface area contributed by atoms with Crippen molar-refractivity contribution in [2.45, 2.75) is 13.0 Å². The molecular formula is C14H12ClFN2O2. The highest BCUT2D eigenvalue weighted by Gasteiger charge is 2.21. The molecule has 20 heavy (non-hydrogen) atoms. The zero-order chi connectivity index (χ0) is 14.7. The lowest BCUT2D eigenvalue weighted by molar-refractivity contribution is -0.386. The predicted octanol–water partition coefficient (Wildman–Crippen LogP) is 4.56. The van der Waals surface area contributed by atoms with E-state index in [0.717, 1.165) is 11.6 Å². The third-order valence-electron chi connectivity index (χ3n) is 2.91. The first-order valence-electron chi connectivity index (χ1n) is 5.94. The largest absolute Gasteiger partial charge is 0.373 e. The van der Waals surface area contributed by atoms with Crippen LogP contribution in [-0.4, -0.2) is 4.92 Å². The van der Waals surface area contributed by atoms with Crippen LogP contribution in [0.2, 0.25) is 5.02 Å². The Morgan fingerprint density at radius 2 is 1.95 bits per heavy atom. The Morgan fingerprint density at radius 1 is 1.25 bits per heavy atom. The Balaban J connectivity index is 2.33. The van der Waals surface area contributed by atoms with E-state index in [-0.39, 0.29) is 11.7 Å². The smallest absolute Gasteiger partial charge is 0.327 e. The first-order valence-corrected chi connectivity index (χ1v) is 6.32. The number of nitrogens with one attached hydrogen (secondary N) is 1. The molecule has 0 aliphatic carbocycles. The van der Waals surface area contributed by atoms with Crippen LogP contribution >= 0.6 is 11.6 Å². The van der Waals surface area contributed by atoms with Crippen LogP contribution in [0.4, 0.5) is 15.8 Å². The van der Waals surface area contributed by atoms with Gasteiger partial charge in [-0.15, -0.1) is 0 Å². The zero-order valence-electron chi connectivity index (χ0n) is 10.6. The number of hydrogen-bond donors (Lipinski definition) is 1. The van der Waals surface area contributed by atoms with E-state index in [2.05, 4.69) is 5.32 Å². The summed E-state index contributed by atoms with van der Waals surface area (Å²) in [7, 11) is 0. The van der Waals surface area contributed by atoms with Gasteiger partial charge in [-0.1, -0.05) is 35.9 Å². The van der Waals surface area contributed by atoms with Gasteiger partial charge in [0.15, 0.2) is 0 Å². The summed E-state index contributed by atoms with van der Waals surface area (Å²) in [5.41, 5.74) is 0.349. The van der Waals surface area contributed by atoms with E-state index >= 15 is 0 Å². The Hall–Kier alpha value is -2.14. The molecule has 0 amide bonds. The fourth-order valence-corrected chi connectivity index (χ4v) is 2.25. The maximum atomic E-state index is 13.5. The summed E-state index contributed by atoms with van der Waals surface area (Å²) in [6.45, 7) is 1.80. The van der Waals surface area contributed by atoms with Crippen molar-refractivity contribution in [3.63, 3.8) is 0 Å². The molecule has 1 atom stereocenters. The molecule has 2 aromatic rings. The van der Waals surface area contributed by atoms with Crippen molar-refractivity contribution in [2.75, 3.05) is 5.32 Å². The van der Waals surface area contributed by atoms with E-state index < -0.39 is 16.4 Å². The highest BCUT2D eigenvalue weighted by atomic mass is 35.5. The number of nitrogens with zero attached hydrogens (tertiary/aromatic N) is 1. The van der Waals surface area contributed by atoms with Crippen LogP contribution in [0.15, 0.2) is 42.5 Å². The van der Waals surface area contributed by atoms with Gasteiger partial charge >= 0.3 is 5.69 Å². The summed E-state index contributed by atoms with van der Waals surface area (Å²) in [5.74, 6) is -0.869. The number of nitro groups is 1. The lowest BCUT2D eigenvalue weighted by Crippen LogP contribution is -2.09. The summed E-state index contributed by atoms with van der Waals surface area (Å²) in [6.07, 6.45) is 0. The summed E-state index contributed by atoms with van der Waals surface area (Å²) in [5, 5.41) is 14.4. The summed E-state index contributed by atoms with van der Waals surface area (Å²) in [6, 6.07) is 10.8. The van der Waals surface area contributed by atoms with Crippen molar-refractivity contribution >= 4 is 23.0 Å². The number of para-hydroxylation sites is 1. The van der Waals surface area contributed by atoms with Gasteiger partial charge in [-0.2, -0.15) is 4.39 Å². The van der Waals surface area contributed by atoms with Gasteiger partial charge in [0.1, 0.15) is 5.69 Å². The number of halogens is 2. The summed E-state index contributed by atoms with van der Waals surface area (Å²) < 4.78 is 13.5. The average Bonchev–Trinajstić information content (AvgIpc) is 2.38. The molecule has 0 spiro atoms. The highest BCUT2D eigenvalue weighted by Crippen LogP contribution is 2.32. The standard InChI is InChI=1S/C14H12ClFN2O2/c1-9(10-5-2-3-6-11(10)15)17-13-8-4-7-12(16)14(13)18(19)20/h2-9,17H,1H3. The van der Waals surface area contributed by atoms with Crippen molar-refractivity contribution in [3.8, 4) is 0 Å². The molecule has 0 aliphatic heterocycles. The second-order valence-corrected chi connectivity index (χ2v) is 4.69. The molecule has 0 aliphatic rings. The van der Waals surface area contributed by atoms with Crippen LogP contribution < -0.4 is 5.32 Å². The Bertz CT molecular complexity index is 649. The fraction of sp³-hybridized carbons (Fsp3) is 0.143. The minimum Gasteiger partial charge on any atom is -0.373 e. The third-order valence-corrected chi connectivity index (χ3v) is 3.26. The molecule has 2 aromatic carbocycles. The molecule has 0 saturated carbocycles. The Morgan fingerprint density at radius 3 is 2.60 bits per heavy atom. The molecule has 4 nitrogen and oxygen atoms in total. The van der Waals surface area contributed by atoms with Crippen molar-refractivity contribution in [2.24, 2.45) is 0 Å². The van der Waals surface area contributed by atoms with Crippen molar-refractivity contribution < 1.29 is 9.31 Å². The first kappa shape index (κ1) is 14.3. The van der Waals surface area contributed by atoms with E-state index in [9.17, 15) is 14.5 Å². The van der Waals surface area contributed by atoms with Gasteiger partial charge in [0.2, 0.25) is 5.82 Å². The number of benzene rings is 2. The van der Waals surface area contributed by atoms with E-state index in [0.29, 0.717) is 5.02 Å². The Kier molecular flexibility index (Phi) is 4.20. The molecule has 0 fully saturated rings. The summed E-state index contributed by atoms with van der Waals surface area (Å²) in [4.78, 5) is 10.2. The number of hydrogen-bond acceptors (Lipinski definition) is 3. The average molecular weight is 295 g/mol. The molecule has 0 bridgehead atoms. The van der Waals surface area contributed by atoms with Crippen LogP contribution in [0.1, 0.15) is 18.5 Å². The lowest BCUT2D eigenvalue weighted by Gasteiger charge is -2.17. The summed E-state index contributed by atoms with van der Waals surface area (Å²) >= 11 is 6.07. The van der Waals surface area contributed by atoms with Crippen LogP contribution in [0.25, 0.3) is 0 Å². The molecule has 0 heterocycles. The van der Waals surface area contributed by atoms with E-state index in [4.69, 9.17) is 11.6 Å². The minimum atomic E-state index is -0.869. The van der Waals surface area contributed by atoms with Crippen LogP contribution in [0, 0.1) is 15.9 Å². The van der Waals surface area contributed by atoms with Gasteiger partial charge in [-0.05, 0) is 30.7 Å². The monoisotopic (exact) mass is 294 g/mol. The minimum absolute atomic E-state index is 0.127. The van der Waals surface area contributed by atoms with Crippen LogP contribution in [-0.2, 0) is 0 Å². The van der Waals surface area contributed by atoms with E-state index in [1.807, 2.05) is 12.1 Å². The van der Waals surface area contributed by atoms with E-state index in [1.54, 1.807) is 19.1 Å². The molecule has 104 valence electrons.